The van der Waals surface area contributed by atoms with Crippen LogP contribution in [0.25, 0.3) is 0 Å². The van der Waals surface area contributed by atoms with Gasteiger partial charge in [-0.3, -0.25) is 4.79 Å². The number of benzene rings is 3. The fraction of sp³-hybridized carbons (Fsp3) is 0.296. The smallest absolute Gasteiger partial charge is 0.164 e. The molecular formula is C27H29NO3. The third-order valence-electron chi connectivity index (χ3n) is 6.42. The SMILES string of the molecule is O=C(CCN1CC[C@](O)(c2ccccc2)[C@@H](C(O)c2ccccc2)C1)c1ccccc1. The van der Waals surface area contributed by atoms with Gasteiger partial charge >= 0.3 is 0 Å². The van der Waals surface area contributed by atoms with E-state index in [1.807, 2.05) is 91.0 Å². The van der Waals surface area contributed by atoms with E-state index >= 15 is 0 Å². The van der Waals surface area contributed by atoms with E-state index < -0.39 is 17.6 Å². The van der Waals surface area contributed by atoms with Crippen molar-refractivity contribution in [2.75, 3.05) is 19.6 Å². The predicted molar refractivity (Wildman–Crippen MR) is 122 cm³/mol. The first-order chi connectivity index (χ1) is 15.1. The van der Waals surface area contributed by atoms with Crippen LogP contribution in [0.5, 0.6) is 0 Å². The van der Waals surface area contributed by atoms with Gasteiger partial charge in [-0.1, -0.05) is 91.0 Å². The molecule has 0 spiro atoms. The van der Waals surface area contributed by atoms with Crippen LogP contribution in [0.3, 0.4) is 0 Å². The largest absolute Gasteiger partial charge is 0.388 e. The number of carbonyl (C=O) groups excluding carboxylic acids is 1. The first-order valence-corrected chi connectivity index (χ1v) is 10.9. The minimum Gasteiger partial charge on any atom is -0.388 e. The highest BCUT2D eigenvalue weighted by molar-refractivity contribution is 5.96. The van der Waals surface area contributed by atoms with Crippen molar-refractivity contribution in [1.82, 2.24) is 4.90 Å². The average Bonchev–Trinajstić information content (AvgIpc) is 2.84. The average molecular weight is 416 g/mol. The molecule has 2 N–H and O–H groups in total. The van der Waals surface area contributed by atoms with Gasteiger partial charge < -0.3 is 15.1 Å². The first-order valence-electron chi connectivity index (χ1n) is 10.9. The molecule has 3 aromatic rings. The summed E-state index contributed by atoms with van der Waals surface area (Å²) in [4.78, 5) is 14.7. The van der Waals surface area contributed by atoms with Gasteiger partial charge in [0.15, 0.2) is 5.78 Å². The Labute approximate surface area is 183 Å². The van der Waals surface area contributed by atoms with Gasteiger partial charge in [0, 0.05) is 37.5 Å². The number of aliphatic hydroxyl groups excluding tert-OH is 1. The van der Waals surface area contributed by atoms with Gasteiger partial charge in [-0.05, 0) is 17.5 Å². The predicted octanol–water partition coefficient (Wildman–Crippen LogP) is 4.20. The van der Waals surface area contributed by atoms with Crippen molar-refractivity contribution in [3.8, 4) is 0 Å². The molecular weight excluding hydrogens is 386 g/mol. The minimum absolute atomic E-state index is 0.115. The standard InChI is InChI=1S/C27H29NO3/c29-25(21-10-4-1-5-11-21)16-18-28-19-17-27(31,23-14-8-3-9-15-23)24(20-28)26(30)22-12-6-2-7-13-22/h1-15,24,26,30-31H,16-20H2/t24-,26?,27+/m1/s1. The Morgan fingerprint density at radius 2 is 1.52 bits per heavy atom. The zero-order chi connectivity index (χ0) is 21.7. The summed E-state index contributed by atoms with van der Waals surface area (Å²) >= 11 is 0. The van der Waals surface area contributed by atoms with Gasteiger partial charge in [0.05, 0.1) is 11.7 Å². The van der Waals surface area contributed by atoms with E-state index in [-0.39, 0.29) is 5.78 Å². The summed E-state index contributed by atoms with van der Waals surface area (Å²) in [6, 6.07) is 28.5. The molecule has 4 nitrogen and oxygen atoms in total. The van der Waals surface area contributed by atoms with Crippen LogP contribution >= 0.6 is 0 Å². The molecule has 3 atom stereocenters. The van der Waals surface area contributed by atoms with Crippen molar-refractivity contribution in [2.45, 2.75) is 24.5 Å². The Hall–Kier alpha value is -2.79. The Morgan fingerprint density at radius 3 is 2.16 bits per heavy atom. The number of hydrogen-bond acceptors (Lipinski definition) is 4. The number of piperidine rings is 1. The minimum atomic E-state index is -1.13. The van der Waals surface area contributed by atoms with E-state index in [1.54, 1.807) is 0 Å². The lowest BCUT2D eigenvalue weighted by molar-refractivity contribution is -0.122. The molecule has 160 valence electrons. The second kappa shape index (κ2) is 9.56. The Balaban J connectivity index is 1.53. The molecule has 0 aliphatic carbocycles. The molecule has 0 amide bonds. The summed E-state index contributed by atoms with van der Waals surface area (Å²) < 4.78 is 0. The molecule has 31 heavy (non-hydrogen) atoms. The molecule has 3 aromatic carbocycles. The van der Waals surface area contributed by atoms with Crippen molar-refractivity contribution in [1.29, 1.82) is 0 Å². The molecule has 1 unspecified atom stereocenters. The maximum atomic E-state index is 12.5. The topological polar surface area (TPSA) is 60.8 Å². The van der Waals surface area contributed by atoms with Gasteiger partial charge in [-0.25, -0.2) is 0 Å². The number of aliphatic hydroxyl groups is 2. The van der Waals surface area contributed by atoms with Gasteiger partial charge in [0.2, 0.25) is 0 Å². The highest BCUT2D eigenvalue weighted by atomic mass is 16.3. The number of carbonyl (C=O) groups is 1. The summed E-state index contributed by atoms with van der Waals surface area (Å²) in [6.07, 6.45) is 0.117. The molecule has 1 aliphatic rings. The third-order valence-corrected chi connectivity index (χ3v) is 6.42. The summed E-state index contributed by atoms with van der Waals surface area (Å²) in [5.74, 6) is -0.289. The van der Waals surface area contributed by atoms with E-state index in [9.17, 15) is 15.0 Å². The van der Waals surface area contributed by atoms with Crippen molar-refractivity contribution in [2.24, 2.45) is 5.92 Å². The number of Topliss-reactive ketones (excluding diaryl/α,β-unsaturated/α-hetero) is 1. The molecule has 0 saturated carbocycles. The van der Waals surface area contributed by atoms with Crippen LogP contribution in [0.1, 0.15) is 40.4 Å². The van der Waals surface area contributed by atoms with E-state index in [0.717, 1.165) is 16.7 Å². The zero-order valence-corrected chi connectivity index (χ0v) is 17.6. The number of ketones is 1. The molecule has 4 rings (SSSR count). The Kier molecular flexibility index (Phi) is 6.62. The molecule has 0 bridgehead atoms. The number of likely N-dealkylation sites (tertiary alicyclic amines) is 1. The van der Waals surface area contributed by atoms with Crippen molar-refractivity contribution in [3.63, 3.8) is 0 Å². The quantitative estimate of drug-likeness (QED) is 0.568. The highest BCUT2D eigenvalue weighted by Gasteiger charge is 2.46. The lowest BCUT2D eigenvalue weighted by Gasteiger charge is -2.47. The van der Waals surface area contributed by atoms with Crippen LogP contribution < -0.4 is 0 Å². The first kappa shape index (κ1) is 21.4. The van der Waals surface area contributed by atoms with E-state index in [2.05, 4.69) is 4.90 Å². The lowest BCUT2D eigenvalue weighted by atomic mass is 9.72. The van der Waals surface area contributed by atoms with Crippen LogP contribution in [0.2, 0.25) is 0 Å². The Bertz CT molecular complexity index is 977. The molecule has 4 heteroatoms. The second-order valence-corrected chi connectivity index (χ2v) is 8.34. The van der Waals surface area contributed by atoms with Crippen molar-refractivity contribution in [3.05, 3.63) is 108 Å². The van der Waals surface area contributed by atoms with Gasteiger partial charge in [-0.15, -0.1) is 0 Å². The van der Waals surface area contributed by atoms with Gasteiger partial charge in [0.1, 0.15) is 0 Å². The normalized spacial score (nSPS) is 22.7. The Morgan fingerprint density at radius 1 is 0.935 bits per heavy atom. The van der Waals surface area contributed by atoms with E-state index in [4.69, 9.17) is 0 Å². The molecule has 1 fully saturated rings. The zero-order valence-electron chi connectivity index (χ0n) is 17.6. The van der Waals surface area contributed by atoms with E-state index in [0.29, 0.717) is 32.5 Å². The summed E-state index contributed by atoms with van der Waals surface area (Å²) in [7, 11) is 0. The summed E-state index contributed by atoms with van der Waals surface area (Å²) in [6.45, 7) is 1.80. The fourth-order valence-electron chi connectivity index (χ4n) is 4.59. The summed E-state index contributed by atoms with van der Waals surface area (Å²) in [5, 5.41) is 23.0. The monoisotopic (exact) mass is 415 g/mol. The maximum absolute atomic E-state index is 12.5. The third kappa shape index (κ3) is 4.77. The van der Waals surface area contributed by atoms with Crippen LogP contribution in [-0.2, 0) is 5.60 Å². The molecule has 1 heterocycles. The van der Waals surface area contributed by atoms with Crippen LogP contribution in [0.15, 0.2) is 91.0 Å². The maximum Gasteiger partial charge on any atom is 0.164 e. The number of hydrogen-bond donors (Lipinski definition) is 2. The molecule has 0 radical (unpaired) electrons. The van der Waals surface area contributed by atoms with Crippen molar-refractivity contribution >= 4 is 5.78 Å². The van der Waals surface area contributed by atoms with Crippen LogP contribution in [-0.4, -0.2) is 40.5 Å². The molecule has 1 saturated heterocycles. The molecule has 0 aromatic heterocycles. The number of rotatable bonds is 7. The van der Waals surface area contributed by atoms with E-state index in [1.165, 1.54) is 0 Å². The molecule has 1 aliphatic heterocycles. The lowest BCUT2D eigenvalue weighted by Crippen LogP contribution is -2.52. The van der Waals surface area contributed by atoms with Crippen LogP contribution in [0.4, 0.5) is 0 Å². The van der Waals surface area contributed by atoms with Crippen LogP contribution in [0, 0.1) is 5.92 Å². The number of nitrogens with zero attached hydrogens (tertiary/aromatic N) is 1. The van der Waals surface area contributed by atoms with Crippen molar-refractivity contribution < 1.29 is 15.0 Å². The van der Waals surface area contributed by atoms with Gasteiger partial charge in [-0.2, -0.15) is 0 Å². The van der Waals surface area contributed by atoms with Gasteiger partial charge in [0.25, 0.3) is 0 Å². The highest BCUT2D eigenvalue weighted by Crippen LogP contribution is 2.43. The second-order valence-electron chi connectivity index (χ2n) is 8.34. The summed E-state index contributed by atoms with van der Waals surface area (Å²) in [5.41, 5.74) is 1.22. The fourth-order valence-corrected chi connectivity index (χ4v) is 4.59.